The molecule has 5 nitrogen and oxygen atoms in total. The first-order valence-corrected chi connectivity index (χ1v) is 9.53. The van der Waals surface area contributed by atoms with Crippen LogP contribution < -0.4 is 5.32 Å². The molecule has 5 rings (SSSR count). The third-order valence-corrected chi connectivity index (χ3v) is 5.69. The lowest BCUT2D eigenvalue weighted by Crippen LogP contribution is -2.61. The van der Waals surface area contributed by atoms with E-state index < -0.39 is 5.82 Å². The van der Waals surface area contributed by atoms with Crippen LogP contribution in [0, 0.1) is 11.7 Å². The van der Waals surface area contributed by atoms with Gasteiger partial charge in [0.15, 0.2) is 5.82 Å². The number of piperidine rings is 2. The highest BCUT2D eigenvalue weighted by atomic mass is 19.1. The molecular formula is C22H23FN4O. The highest BCUT2D eigenvalue weighted by molar-refractivity contribution is 6.00. The summed E-state index contributed by atoms with van der Waals surface area (Å²) >= 11 is 0. The van der Waals surface area contributed by atoms with Crippen molar-refractivity contribution in [2.75, 3.05) is 6.54 Å². The normalized spacial score (nSPS) is 23.3. The van der Waals surface area contributed by atoms with Crippen molar-refractivity contribution in [1.29, 1.82) is 0 Å². The first-order valence-electron chi connectivity index (χ1n) is 9.53. The van der Waals surface area contributed by atoms with Crippen LogP contribution in [0.25, 0.3) is 11.4 Å². The van der Waals surface area contributed by atoms with Gasteiger partial charge in [0.2, 0.25) is 0 Å². The standard InChI is InChI=1S/C22H23FN4O/c1-3-14(2)26-18-12-15-8-9-19(18)27(13-15)22(28)16-6-4-7-17(23)20(16)21-24-10-5-11-25-21/h3-7,10-11,15,18-19,26H,1-2,8-9,12-13H2. The summed E-state index contributed by atoms with van der Waals surface area (Å²) in [5, 5.41) is 3.39. The zero-order valence-corrected chi connectivity index (χ0v) is 15.6. The van der Waals surface area contributed by atoms with Crippen LogP contribution in [-0.2, 0) is 0 Å². The fraction of sp³-hybridized carbons (Fsp3) is 0.318. The lowest BCUT2D eigenvalue weighted by atomic mass is 9.76. The smallest absolute Gasteiger partial charge is 0.255 e. The molecule has 2 aliphatic heterocycles. The predicted molar refractivity (Wildman–Crippen MR) is 106 cm³/mol. The second kappa shape index (κ2) is 7.54. The van der Waals surface area contributed by atoms with E-state index >= 15 is 0 Å². The fourth-order valence-corrected chi connectivity index (χ4v) is 4.39. The van der Waals surface area contributed by atoms with Gasteiger partial charge in [-0.1, -0.05) is 19.2 Å². The third kappa shape index (κ3) is 3.30. The zero-order valence-electron chi connectivity index (χ0n) is 15.6. The van der Waals surface area contributed by atoms with Crippen molar-refractivity contribution < 1.29 is 9.18 Å². The van der Waals surface area contributed by atoms with Crippen LogP contribution >= 0.6 is 0 Å². The summed E-state index contributed by atoms with van der Waals surface area (Å²) in [6.45, 7) is 8.38. The Morgan fingerprint density at radius 2 is 2.04 bits per heavy atom. The van der Waals surface area contributed by atoms with Gasteiger partial charge in [0.1, 0.15) is 5.82 Å². The number of hydrogen-bond donors (Lipinski definition) is 1. The maximum absolute atomic E-state index is 14.7. The molecule has 3 unspecified atom stereocenters. The minimum atomic E-state index is -0.492. The summed E-state index contributed by atoms with van der Waals surface area (Å²) in [4.78, 5) is 23.7. The Morgan fingerprint density at radius 1 is 1.25 bits per heavy atom. The molecule has 1 N–H and O–H groups in total. The molecule has 1 aromatic heterocycles. The molecule has 2 saturated heterocycles. The summed E-state index contributed by atoms with van der Waals surface area (Å²) in [6.07, 6.45) is 7.81. The Labute approximate surface area is 164 Å². The average molecular weight is 378 g/mol. The van der Waals surface area contributed by atoms with Crippen molar-refractivity contribution in [3.63, 3.8) is 0 Å². The van der Waals surface area contributed by atoms with Gasteiger partial charge < -0.3 is 10.2 Å². The van der Waals surface area contributed by atoms with Gasteiger partial charge in [0.25, 0.3) is 5.91 Å². The molecule has 3 atom stereocenters. The van der Waals surface area contributed by atoms with Crippen molar-refractivity contribution >= 4 is 5.91 Å². The highest BCUT2D eigenvalue weighted by Gasteiger charge is 2.43. The molecule has 1 aliphatic carbocycles. The van der Waals surface area contributed by atoms with Crippen LogP contribution in [-0.4, -0.2) is 39.4 Å². The minimum absolute atomic E-state index is 0.0435. The number of amides is 1. The molecule has 1 amide bonds. The SMILES string of the molecule is C=CC(=C)NC1CC2CCC1N(C(=O)c1cccc(F)c1-c1ncccn1)C2. The second-order valence-corrected chi connectivity index (χ2v) is 7.42. The van der Waals surface area contributed by atoms with Crippen molar-refractivity contribution in [3.05, 3.63) is 73.0 Å². The monoisotopic (exact) mass is 378 g/mol. The van der Waals surface area contributed by atoms with E-state index in [-0.39, 0.29) is 29.4 Å². The van der Waals surface area contributed by atoms with Gasteiger partial charge >= 0.3 is 0 Å². The minimum Gasteiger partial charge on any atom is -0.381 e. The summed E-state index contributed by atoms with van der Waals surface area (Å²) < 4.78 is 14.7. The summed E-state index contributed by atoms with van der Waals surface area (Å²) in [5.41, 5.74) is 1.23. The van der Waals surface area contributed by atoms with Gasteiger partial charge in [-0.25, -0.2) is 14.4 Å². The first kappa shape index (κ1) is 18.3. The van der Waals surface area contributed by atoms with Crippen molar-refractivity contribution in [3.8, 4) is 11.4 Å². The number of aromatic nitrogens is 2. The zero-order chi connectivity index (χ0) is 19.7. The molecule has 3 fully saturated rings. The van der Waals surface area contributed by atoms with Crippen LogP contribution in [0.4, 0.5) is 4.39 Å². The molecule has 1 saturated carbocycles. The van der Waals surface area contributed by atoms with Crippen LogP contribution in [0.3, 0.4) is 0 Å². The predicted octanol–water partition coefficient (Wildman–Crippen LogP) is 3.57. The maximum Gasteiger partial charge on any atom is 0.255 e. The Hall–Kier alpha value is -3.02. The highest BCUT2D eigenvalue weighted by Crippen LogP contribution is 2.37. The van der Waals surface area contributed by atoms with E-state index in [0.717, 1.165) is 25.0 Å². The molecule has 2 bridgehead atoms. The lowest BCUT2D eigenvalue weighted by molar-refractivity contribution is 0.0200. The van der Waals surface area contributed by atoms with Gasteiger partial charge in [-0.2, -0.15) is 0 Å². The number of allylic oxidation sites excluding steroid dienone is 1. The van der Waals surface area contributed by atoms with Crippen molar-refractivity contribution in [2.24, 2.45) is 5.92 Å². The Balaban J connectivity index is 1.68. The Bertz CT molecular complexity index is 914. The number of carbonyl (C=O) groups is 1. The molecule has 1 aromatic carbocycles. The van der Waals surface area contributed by atoms with E-state index in [1.807, 2.05) is 4.90 Å². The van der Waals surface area contributed by atoms with Crippen LogP contribution in [0.15, 0.2) is 61.6 Å². The van der Waals surface area contributed by atoms with E-state index in [2.05, 4.69) is 28.4 Å². The van der Waals surface area contributed by atoms with Gasteiger partial charge in [-0.3, -0.25) is 4.79 Å². The number of halogens is 1. The van der Waals surface area contributed by atoms with Gasteiger partial charge in [-0.15, -0.1) is 0 Å². The Kier molecular flexibility index (Phi) is 4.94. The molecule has 0 radical (unpaired) electrons. The molecule has 2 aromatic rings. The number of rotatable bonds is 5. The molecule has 144 valence electrons. The van der Waals surface area contributed by atoms with Crippen LogP contribution in [0.1, 0.15) is 29.6 Å². The lowest BCUT2D eigenvalue weighted by Gasteiger charge is -2.50. The summed E-state index contributed by atoms with van der Waals surface area (Å²) in [7, 11) is 0. The topological polar surface area (TPSA) is 58.1 Å². The molecule has 3 heterocycles. The summed E-state index contributed by atoms with van der Waals surface area (Å²) in [5.74, 6) is -0.0174. The summed E-state index contributed by atoms with van der Waals surface area (Å²) in [6, 6.07) is 6.40. The van der Waals surface area contributed by atoms with Crippen molar-refractivity contribution in [2.45, 2.75) is 31.3 Å². The van der Waals surface area contributed by atoms with Crippen molar-refractivity contribution in [1.82, 2.24) is 20.2 Å². The number of hydrogen-bond acceptors (Lipinski definition) is 4. The first-order chi connectivity index (χ1) is 13.6. The number of nitrogens with zero attached hydrogens (tertiary/aromatic N) is 3. The van der Waals surface area contributed by atoms with E-state index in [1.165, 1.54) is 6.07 Å². The third-order valence-electron chi connectivity index (χ3n) is 5.69. The van der Waals surface area contributed by atoms with Gasteiger partial charge in [-0.05, 0) is 49.5 Å². The molecular weight excluding hydrogens is 355 g/mol. The largest absolute Gasteiger partial charge is 0.381 e. The maximum atomic E-state index is 14.7. The van der Waals surface area contributed by atoms with Gasteiger partial charge in [0, 0.05) is 30.7 Å². The number of carbonyl (C=O) groups excluding carboxylic acids is 1. The van der Waals surface area contributed by atoms with E-state index in [9.17, 15) is 9.18 Å². The molecule has 3 aliphatic rings. The second-order valence-electron chi connectivity index (χ2n) is 7.42. The quantitative estimate of drug-likeness (QED) is 0.808. The average Bonchev–Trinajstić information content (AvgIpc) is 2.73. The van der Waals surface area contributed by atoms with E-state index in [0.29, 0.717) is 18.0 Å². The van der Waals surface area contributed by atoms with Crippen LogP contribution in [0.5, 0.6) is 0 Å². The van der Waals surface area contributed by atoms with E-state index in [4.69, 9.17) is 0 Å². The fourth-order valence-electron chi connectivity index (χ4n) is 4.39. The number of fused-ring (bicyclic) bond motifs is 3. The number of nitrogens with one attached hydrogen (secondary N) is 1. The van der Waals surface area contributed by atoms with Crippen LogP contribution in [0.2, 0.25) is 0 Å². The Morgan fingerprint density at radius 3 is 2.75 bits per heavy atom. The van der Waals surface area contributed by atoms with Gasteiger partial charge in [0.05, 0.1) is 17.2 Å². The molecule has 28 heavy (non-hydrogen) atoms. The molecule has 0 spiro atoms. The van der Waals surface area contributed by atoms with E-state index in [1.54, 1.807) is 36.7 Å². The number of benzene rings is 1. The molecule has 6 heteroatoms.